The monoisotopic (exact) mass is 435 g/mol. The Labute approximate surface area is 163 Å². The van der Waals surface area contributed by atoms with E-state index >= 15 is 0 Å². The van der Waals surface area contributed by atoms with Crippen molar-refractivity contribution in [3.8, 4) is 0 Å². The first-order valence-corrected chi connectivity index (χ1v) is 9.77. The van der Waals surface area contributed by atoms with Crippen LogP contribution < -0.4 is 10.0 Å². The van der Waals surface area contributed by atoms with Crippen LogP contribution in [0.4, 0.5) is 23.2 Å². The highest BCUT2D eigenvalue weighted by molar-refractivity contribution is 7.89. The number of alkyl halides is 2. The van der Waals surface area contributed by atoms with Crippen molar-refractivity contribution in [2.45, 2.75) is 23.8 Å². The van der Waals surface area contributed by atoms with E-state index in [1.54, 1.807) is 6.92 Å². The van der Waals surface area contributed by atoms with Crippen LogP contribution in [-0.2, 0) is 21.8 Å². The zero-order valence-corrected chi connectivity index (χ0v) is 16.1. The lowest BCUT2D eigenvalue weighted by Crippen LogP contribution is -2.59. The van der Waals surface area contributed by atoms with E-state index in [4.69, 9.17) is 4.74 Å². The van der Waals surface area contributed by atoms with Crippen LogP contribution in [0.3, 0.4) is 0 Å². The lowest BCUT2D eigenvalue weighted by Gasteiger charge is -2.38. The van der Waals surface area contributed by atoms with Crippen LogP contribution in [0.5, 0.6) is 0 Å². The normalized spacial score (nSPS) is 16.0. The molecule has 1 amide bonds. The SMILES string of the molecule is Cn1cc(S(=O)(=O)NC2(C)COC2)c(F)c1C(=O)Nc1ccc(F)c(C(F)F)c1. The Morgan fingerprint density at radius 3 is 2.48 bits per heavy atom. The molecule has 2 aromatic rings. The van der Waals surface area contributed by atoms with Crippen molar-refractivity contribution in [1.82, 2.24) is 9.29 Å². The van der Waals surface area contributed by atoms with Crippen LogP contribution in [0.1, 0.15) is 29.4 Å². The van der Waals surface area contributed by atoms with E-state index in [1.165, 1.54) is 7.05 Å². The molecule has 2 heterocycles. The van der Waals surface area contributed by atoms with Gasteiger partial charge in [0.05, 0.1) is 24.3 Å². The maximum absolute atomic E-state index is 14.8. The largest absolute Gasteiger partial charge is 0.377 e. The molecular formula is C17H17F4N3O4S. The molecule has 1 fully saturated rings. The topological polar surface area (TPSA) is 89.4 Å². The predicted octanol–water partition coefficient (Wildman–Crippen LogP) is 2.56. The second-order valence-corrected chi connectivity index (χ2v) is 8.57. The molecule has 0 bridgehead atoms. The smallest absolute Gasteiger partial charge is 0.275 e. The molecule has 1 aliphatic rings. The van der Waals surface area contributed by atoms with Gasteiger partial charge in [0, 0.05) is 18.9 Å². The minimum Gasteiger partial charge on any atom is -0.377 e. The molecule has 0 aliphatic carbocycles. The number of halogens is 4. The fourth-order valence-electron chi connectivity index (χ4n) is 2.84. The van der Waals surface area contributed by atoms with Gasteiger partial charge in [-0.15, -0.1) is 0 Å². The number of benzene rings is 1. The molecule has 2 N–H and O–H groups in total. The number of nitrogens with zero attached hydrogens (tertiary/aromatic N) is 1. The first-order chi connectivity index (χ1) is 13.4. The number of ether oxygens (including phenoxy) is 1. The Hall–Kier alpha value is -2.44. The molecule has 1 saturated heterocycles. The van der Waals surface area contributed by atoms with Crippen LogP contribution in [0, 0.1) is 11.6 Å². The number of amides is 1. The van der Waals surface area contributed by atoms with E-state index in [0.717, 1.165) is 29.0 Å². The molecule has 0 atom stereocenters. The van der Waals surface area contributed by atoms with Gasteiger partial charge >= 0.3 is 0 Å². The van der Waals surface area contributed by atoms with Gasteiger partial charge in [-0.25, -0.2) is 30.7 Å². The highest BCUT2D eigenvalue weighted by Gasteiger charge is 2.40. The molecule has 0 saturated carbocycles. The van der Waals surface area contributed by atoms with Crippen molar-refractivity contribution in [1.29, 1.82) is 0 Å². The maximum atomic E-state index is 14.8. The Morgan fingerprint density at radius 1 is 1.28 bits per heavy atom. The van der Waals surface area contributed by atoms with Gasteiger partial charge in [-0.1, -0.05) is 0 Å². The second kappa shape index (κ2) is 7.43. The summed E-state index contributed by atoms with van der Waals surface area (Å²) in [4.78, 5) is 11.7. The molecule has 3 rings (SSSR count). The van der Waals surface area contributed by atoms with Gasteiger partial charge in [0.25, 0.3) is 12.3 Å². The Kier molecular flexibility index (Phi) is 5.45. The Bertz CT molecular complexity index is 1060. The second-order valence-electron chi connectivity index (χ2n) is 6.92. The molecule has 158 valence electrons. The number of aryl methyl sites for hydroxylation is 1. The van der Waals surface area contributed by atoms with Gasteiger partial charge in [0.1, 0.15) is 16.4 Å². The summed E-state index contributed by atoms with van der Waals surface area (Å²) in [5.41, 5.74) is -2.65. The fraction of sp³-hybridized carbons (Fsp3) is 0.353. The lowest BCUT2D eigenvalue weighted by molar-refractivity contribution is -0.0523. The molecule has 0 spiro atoms. The van der Waals surface area contributed by atoms with Crippen LogP contribution in [-0.4, -0.2) is 37.6 Å². The lowest BCUT2D eigenvalue weighted by atomic mass is 10.0. The minimum absolute atomic E-state index is 0.116. The van der Waals surface area contributed by atoms with E-state index in [0.29, 0.717) is 0 Å². The van der Waals surface area contributed by atoms with Gasteiger partial charge in [0.2, 0.25) is 10.0 Å². The standard InChI is InChI=1S/C17H17F4N3O4S/c1-17(7-28-8-17)23-29(26,27)12-6-24(2)14(13(12)19)16(25)22-9-3-4-11(18)10(5-9)15(20)21/h3-6,15,23H,7-8H2,1-2H3,(H,22,25). The zero-order valence-electron chi connectivity index (χ0n) is 15.3. The van der Waals surface area contributed by atoms with E-state index in [9.17, 15) is 30.8 Å². The van der Waals surface area contributed by atoms with E-state index in [-0.39, 0.29) is 18.9 Å². The van der Waals surface area contributed by atoms with E-state index in [2.05, 4.69) is 10.0 Å². The van der Waals surface area contributed by atoms with Gasteiger partial charge in [0.15, 0.2) is 5.82 Å². The quantitative estimate of drug-likeness (QED) is 0.683. The summed E-state index contributed by atoms with van der Waals surface area (Å²) in [6, 6.07) is 2.48. The Balaban J connectivity index is 1.88. The number of anilines is 1. The number of hydrogen-bond acceptors (Lipinski definition) is 4. The third-order valence-corrected chi connectivity index (χ3v) is 5.93. The summed E-state index contributed by atoms with van der Waals surface area (Å²) < 4.78 is 87.0. The number of carbonyl (C=O) groups excluding carboxylic acids is 1. The Morgan fingerprint density at radius 2 is 1.93 bits per heavy atom. The fourth-order valence-corrected chi connectivity index (χ4v) is 4.35. The molecular weight excluding hydrogens is 418 g/mol. The average Bonchev–Trinajstić information content (AvgIpc) is 2.90. The maximum Gasteiger partial charge on any atom is 0.275 e. The van der Waals surface area contributed by atoms with E-state index in [1.807, 2.05) is 0 Å². The van der Waals surface area contributed by atoms with Crippen molar-refractivity contribution in [3.05, 3.63) is 47.3 Å². The van der Waals surface area contributed by atoms with Gasteiger partial charge < -0.3 is 14.6 Å². The number of rotatable bonds is 6. The average molecular weight is 435 g/mol. The summed E-state index contributed by atoms with van der Waals surface area (Å²) in [6.45, 7) is 1.81. The first-order valence-electron chi connectivity index (χ1n) is 8.29. The van der Waals surface area contributed by atoms with Crippen molar-refractivity contribution in [2.24, 2.45) is 7.05 Å². The number of nitrogens with one attached hydrogen (secondary N) is 2. The summed E-state index contributed by atoms with van der Waals surface area (Å²) >= 11 is 0. The number of carbonyl (C=O) groups is 1. The van der Waals surface area contributed by atoms with Crippen LogP contribution in [0.15, 0.2) is 29.3 Å². The van der Waals surface area contributed by atoms with Crippen LogP contribution >= 0.6 is 0 Å². The summed E-state index contributed by atoms with van der Waals surface area (Å²) in [5.74, 6) is -3.55. The molecule has 1 aromatic heterocycles. The van der Waals surface area contributed by atoms with Crippen LogP contribution in [0.2, 0.25) is 0 Å². The van der Waals surface area contributed by atoms with Crippen molar-refractivity contribution >= 4 is 21.6 Å². The third kappa shape index (κ3) is 4.14. The molecule has 1 aromatic carbocycles. The molecule has 1 aliphatic heterocycles. The third-order valence-electron chi connectivity index (χ3n) is 4.30. The molecule has 29 heavy (non-hydrogen) atoms. The zero-order chi connectivity index (χ0) is 21.6. The van der Waals surface area contributed by atoms with Crippen molar-refractivity contribution in [2.75, 3.05) is 18.5 Å². The van der Waals surface area contributed by atoms with Crippen molar-refractivity contribution in [3.63, 3.8) is 0 Å². The predicted molar refractivity (Wildman–Crippen MR) is 94.2 cm³/mol. The van der Waals surface area contributed by atoms with Gasteiger partial charge in [-0.2, -0.15) is 0 Å². The van der Waals surface area contributed by atoms with Crippen molar-refractivity contribution < 1.29 is 35.5 Å². The number of hydrogen-bond donors (Lipinski definition) is 2. The van der Waals surface area contributed by atoms with Gasteiger partial charge in [-0.3, -0.25) is 4.79 Å². The molecule has 0 radical (unpaired) electrons. The molecule has 7 nitrogen and oxygen atoms in total. The summed E-state index contributed by atoms with van der Waals surface area (Å²) in [7, 11) is -3.05. The highest BCUT2D eigenvalue weighted by atomic mass is 32.2. The number of aromatic nitrogens is 1. The summed E-state index contributed by atoms with van der Waals surface area (Å²) in [5, 5.41) is 2.16. The van der Waals surface area contributed by atoms with Crippen LogP contribution in [0.25, 0.3) is 0 Å². The minimum atomic E-state index is -4.30. The van der Waals surface area contributed by atoms with E-state index < -0.39 is 55.7 Å². The molecule has 12 heteroatoms. The molecule has 0 unspecified atom stereocenters. The first kappa shape index (κ1) is 21.3. The highest BCUT2D eigenvalue weighted by Crippen LogP contribution is 2.27. The van der Waals surface area contributed by atoms with Gasteiger partial charge in [-0.05, 0) is 25.1 Å². The number of sulfonamides is 1. The summed E-state index contributed by atoms with van der Waals surface area (Å²) in [6.07, 6.45) is -2.19.